The second-order valence-corrected chi connectivity index (χ2v) is 7.92. The minimum absolute atomic E-state index is 0.552. The summed E-state index contributed by atoms with van der Waals surface area (Å²) < 4.78 is 31.2. The zero-order chi connectivity index (χ0) is 20.7. The fourth-order valence-electron chi connectivity index (χ4n) is 3.31. The van der Waals surface area contributed by atoms with Gasteiger partial charge in [0.15, 0.2) is 5.60 Å². The second kappa shape index (κ2) is 14.4. The fourth-order valence-corrected chi connectivity index (χ4v) is 3.31. The molecule has 0 aromatic heterocycles. The van der Waals surface area contributed by atoms with Crippen LogP contribution in [0.1, 0.15) is 92.4 Å². The molecule has 1 saturated heterocycles. The molecule has 1 atom stereocenters. The molecule has 0 aromatic carbocycles. The van der Waals surface area contributed by atoms with Gasteiger partial charge in [0.2, 0.25) is 0 Å². The van der Waals surface area contributed by atoms with Crippen LogP contribution in [0.15, 0.2) is 11.8 Å². The molecule has 0 aliphatic carbocycles. The van der Waals surface area contributed by atoms with Crippen LogP contribution < -0.4 is 0 Å². The van der Waals surface area contributed by atoms with Gasteiger partial charge >= 0.3 is 5.97 Å². The number of ether oxygens (including phenoxy) is 5. The van der Waals surface area contributed by atoms with E-state index in [1.165, 1.54) is 0 Å². The first-order valence-electron chi connectivity index (χ1n) is 11.4. The van der Waals surface area contributed by atoms with Crippen LogP contribution >= 0.6 is 0 Å². The molecule has 0 amide bonds. The number of hydrogen-bond donors (Lipinski definition) is 0. The van der Waals surface area contributed by atoms with Crippen molar-refractivity contribution >= 4 is 0 Å². The lowest BCUT2D eigenvalue weighted by Crippen LogP contribution is -2.64. The van der Waals surface area contributed by atoms with Crippen molar-refractivity contribution in [3.63, 3.8) is 0 Å². The van der Waals surface area contributed by atoms with E-state index in [1.807, 2.05) is 13.8 Å². The Labute approximate surface area is 173 Å². The summed E-state index contributed by atoms with van der Waals surface area (Å²) >= 11 is 0. The van der Waals surface area contributed by atoms with Crippen molar-refractivity contribution in [1.82, 2.24) is 0 Å². The van der Waals surface area contributed by atoms with E-state index in [0.717, 1.165) is 56.9 Å². The Balaban J connectivity index is 3.04. The van der Waals surface area contributed by atoms with Crippen molar-refractivity contribution in [2.75, 3.05) is 33.0 Å². The van der Waals surface area contributed by atoms with E-state index in [0.29, 0.717) is 39.5 Å². The van der Waals surface area contributed by atoms with Gasteiger partial charge in [0.1, 0.15) is 0 Å². The molecule has 0 aromatic rings. The van der Waals surface area contributed by atoms with Crippen LogP contribution in [-0.2, 0) is 23.7 Å². The number of hydrogen-bond acceptors (Lipinski definition) is 5. The molecule has 0 spiro atoms. The minimum Gasteiger partial charge on any atom is -0.501 e. The van der Waals surface area contributed by atoms with Crippen molar-refractivity contribution in [3.8, 4) is 0 Å². The lowest BCUT2D eigenvalue weighted by Gasteiger charge is -2.51. The molecular weight excluding hydrogens is 356 g/mol. The van der Waals surface area contributed by atoms with E-state index in [-0.39, 0.29) is 0 Å². The standard InChI is InChI=1S/C23H44O5/c1-6-9-15-25-22(14-19-24-20-21(4)5)13-12-18-28-23(22,26-16-10-7-2)27-17-11-8-3/h20H,6-19H2,1-5H3. The molecule has 5 nitrogen and oxygen atoms in total. The second-order valence-electron chi connectivity index (χ2n) is 7.92. The summed E-state index contributed by atoms with van der Waals surface area (Å²) in [7, 11) is 0. The molecule has 5 heteroatoms. The van der Waals surface area contributed by atoms with E-state index in [4.69, 9.17) is 23.7 Å². The van der Waals surface area contributed by atoms with Crippen molar-refractivity contribution < 1.29 is 23.7 Å². The van der Waals surface area contributed by atoms with Gasteiger partial charge in [0.05, 0.1) is 32.7 Å². The zero-order valence-corrected chi connectivity index (χ0v) is 19.0. The summed E-state index contributed by atoms with van der Waals surface area (Å²) in [6, 6.07) is 0. The van der Waals surface area contributed by atoms with E-state index < -0.39 is 11.6 Å². The van der Waals surface area contributed by atoms with Crippen molar-refractivity contribution in [2.45, 2.75) is 104 Å². The smallest absolute Gasteiger partial charge is 0.313 e. The Hall–Kier alpha value is -0.620. The topological polar surface area (TPSA) is 46.2 Å². The third kappa shape index (κ3) is 8.02. The predicted molar refractivity (Wildman–Crippen MR) is 113 cm³/mol. The van der Waals surface area contributed by atoms with Crippen LogP contribution in [0.2, 0.25) is 0 Å². The van der Waals surface area contributed by atoms with Crippen molar-refractivity contribution in [2.24, 2.45) is 0 Å². The van der Waals surface area contributed by atoms with E-state index >= 15 is 0 Å². The average Bonchev–Trinajstić information content (AvgIpc) is 2.68. The Morgan fingerprint density at radius 1 is 0.857 bits per heavy atom. The molecule has 1 aliphatic heterocycles. The molecule has 1 aliphatic rings. The normalized spacial score (nSPS) is 21.5. The van der Waals surface area contributed by atoms with Crippen molar-refractivity contribution in [3.05, 3.63) is 11.8 Å². The van der Waals surface area contributed by atoms with Crippen LogP contribution in [0.4, 0.5) is 0 Å². The van der Waals surface area contributed by atoms with Gasteiger partial charge in [0, 0.05) is 13.0 Å². The maximum Gasteiger partial charge on any atom is 0.313 e. The van der Waals surface area contributed by atoms with Crippen LogP contribution in [0.25, 0.3) is 0 Å². The number of allylic oxidation sites excluding steroid dienone is 1. The highest BCUT2D eigenvalue weighted by Gasteiger charge is 2.58. The predicted octanol–water partition coefficient (Wildman–Crippen LogP) is 5.97. The molecule has 0 radical (unpaired) electrons. The van der Waals surface area contributed by atoms with Gasteiger partial charge in [0.25, 0.3) is 0 Å². The van der Waals surface area contributed by atoms with Gasteiger partial charge in [-0.05, 0) is 51.5 Å². The summed E-state index contributed by atoms with van der Waals surface area (Å²) in [6.45, 7) is 13.6. The lowest BCUT2D eigenvalue weighted by atomic mass is 9.88. The summed E-state index contributed by atoms with van der Waals surface area (Å²) in [6.07, 6.45) is 10.5. The molecule has 1 rings (SSSR count). The lowest BCUT2D eigenvalue weighted by molar-refractivity contribution is -0.462. The van der Waals surface area contributed by atoms with E-state index in [1.54, 1.807) is 6.26 Å². The number of unbranched alkanes of at least 4 members (excludes halogenated alkanes) is 3. The third-order valence-electron chi connectivity index (χ3n) is 4.97. The Bertz CT molecular complexity index is 409. The summed E-state index contributed by atoms with van der Waals surface area (Å²) in [5.74, 6) is -1.14. The largest absolute Gasteiger partial charge is 0.501 e. The van der Waals surface area contributed by atoms with Crippen LogP contribution in [0, 0.1) is 0 Å². The highest BCUT2D eigenvalue weighted by Crippen LogP contribution is 2.43. The monoisotopic (exact) mass is 400 g/mol. The van der Waals surface area contributed by atoms with E-state index in [2.05, 4.69) is 20.8 Å². The first kappa shape index (κ1) is 25.4. The van der Waals surface area contributed by atoms with Crippen molar-refractivity contribution in [1.29, 1.82) is 0 Å². The van der Waals surface area contributed by atoms with Gasteiger partial charge < -0.3 is 23.7 Å². The first-order valence-corrected chi connectivity index (χ1v) is 11.4. The molecule has 1 heterocycles. The van der Waals surface area contributed by atoms with Crippen LogP contribution in [-0.4, -0.2) is 44.6 Å². The Morgan fingerprint density at radius 2 is 1.43 bits per heavy atom. The quantitative estimate of drug-likeness (QED) is 0.181. The van der Waals surface area contributed by atoms with Gasteiger partial charge in [-0.1, -0.05) is 40.0 Å². The van der Waals surface area contributed by atoms with Crippen LogP contribution in [0.5, 0.6) is 0 Å². The molecule has 28 heavy (non-hydrogen) atoms. The molecule has 0 N–H and O–H groups in total. The SMILES string of the molecule is CCCCOC1(CCOC=C(C)C)CCCOC1(OCCCC)OCCCC. The maximum atomic E-state index is 6.52. The molecular formula is C23H44O5. The fraction of sp³-hybridized carbons (Fsp3) is 0.913. The molecule has 0 bridgehead atoms. The van der Waals surface area contributed by atoms with Gasteiger partial charge in [-0.15, -0.1) is 0 Å². The van der Waals surface area contributed by atoms with Gasteiger partial charge in [-0.2, -0.15) is 0 Å². The molecule has 0 saturated carbocycles. The van der Waals surface area contributed by atoms with E-state index in [9.17, 15) is 0 Å². The molecule has 1 unspecified atom stereocenters. The summed E-state index contributed by atoms with van der Waals surface area (Å²) in [4.78, 5) is 0. The minimum atomic E-state index is -1.14. The number of rotatable bonds is 16. The molecule has 166 valence electrons. The van der Waals surface area contributed by atoms with Crippen LogP contribution in [0.3, 0.4) is 0 Å². The first-order chi connectivity index (χ1) is 13.6. The Kier molecular flexibility index (Phi) is 13.0. The highest BCUT2D eigenvalue weighted by molar-refractivity contribution is 4.95. The third-order valence-corrected chi connectivity index (χ3v) is 4.97. The molecule has 1 fully saturated rings. The zero-order valence-electron chi connectivity index (χ0n) is 19.0. The Morgan fingerprint density at radius 3 is 1.96 bits per heavy atom. The highest BCUT2D eigenvalue weighted by atomic mass is 16.9. The van der Waals surface area contributed by atoms with Gasteiger partial charge in [-0.3, -0.25) is 0 Å². The van der Waals surface area contributed by atoms with Gasteiger partial charge in [-0.25, -0.2) is 0 Å². The average molecular weight is 401 g/mol. The summed E-state index contributed by atoms with van der Waals surface area (Å²) in [5, 5.41) is 0. The summed E-state index contributed by atoms with van der Waals surface area (Å²) in [5.41, 5.74) is 0.503. The maximum absolute atomic E-state index is 6.52.